The van der Waals surface area contributed by atoms with Gasteiger partial charge in [-0.3, -0.25) is 19.2 Å². The Morgan fingerprint density at radius 1 is 1.04 bits per heavy atom. The SMILES string of the molecule is C=C1C=CC(=O)N1CC(=O)N1CCN(C(=O)CC(=O)NCC(C)(C)C)CC1. The Kier molecular flexibility index (Phi) is 6.41. The maximum atomic E-state index is 12.4. The van der Waals surface area contributed by atoms with Gasteiger partial charge < -0.3 is 20.0 Å². The highest BCUT2D eigenvalue weighted by Gasteiger charge is 2.28. The molecule has 0 atom stereocenters. The molecule has 0 saturated carbocycles. The summed E-state index contributed by atoms with van der Waals surface area (Å²) in [5.41, 5.74) is 0.464. The second-order valence-electron chi connectivity index (χ2n) is 8.02. The first-order valence-electron chi connectivity index (χ1n) is 9.07. The molecule has 8 heteroatoms. The summed E-state index contributed by atoms with van der Waals surface area (Å²) in [7, 11) is 0. The lowest BCUT2D eigenvalue weighted by Gasteiger charge is -2.35. The minimum Gasteiger partial charge on any atom is -0.355 e. The average molecular weight is 376 g/mol. The van der Waals surface area contributed by atoms with E-state index in [1.807, 2.05) is 20.8 Å². The Hall–Kier alpha value is -2.64. The zero-order chi connectivity index (χ0) is 20.2. The van der Waals surface area contributed by atoms with Crippen LogP contribution >= 0.6 is 0 Å². The van der Waals surface area contributed by atoms with Gasteiger partial charge in [-0.05, 0) is 11.5 Å². The third-order valence-corrected chi connectivity index (χ3v) is 4.44. The maximum absolute atomic E-state index is 12.4. The van der Waals surface area contributed by atoms with Crippen LogP contribution in [0.1, 0.15) is 27.2 Å². The van der Waals surface area contributed by atoms with Crippen LogP contribution < -0.4 is 5.32 Å². The Balaban J connectivity index is 1.75. The number of hydrogen-bond acceptors (Lipinski definition) is 4. The largest absolute Gasteiger partial charge is 0.355 e. The predicted octanol–water partition coefficient (Wildman–Crippen LogP) is 0.122. The van der Waals surface area contributed by atoms with Crippen molar-refractivity contribution in [1.29, 1.82) is 0 Å². The van der Waals surface area contributed by atoms with Crippen molar-refractivity contribution in [3.8, 4) is 0 Å². The van der Waals surface area contributed by atoms with E-state index in [-0.39, 0.29) is 42.0 Å². The summed E-state index contributed by atoms with van der Waals surface area (Å²) < 4.78 is 0. The zero-order valence-electron chi connectivity index (χ0n) is 16.3. The van der Waals surface area contributed by atoms with Gasteiger partial charge >= 0.3 is 0 Å². The van der Waals surface area contributed by atoms with Crippen LogP contribution in [0.4, 0.5) is 0 Å². The summed E-state index contributed by atoms with van der Waals surface area (Å²) in [6, 6.07) is 0. The van der Waals surface area contributed by atoms with Crippen molar-refractivity contribution >= 4 is 23.6 Å². The van der Waals surface area contributed by atoms with Gasteiger partial charge in [0.25, 0.3) is 5.91 Å². The molecule has 0 radical (unpaired) electrons. The van der Waals surface area contributed by atoms with Crippen LogP contribution in [0, 0.1) is 5.41 Å². The lowest BCUT2D eigenvalue weighted by Crippen LogP contribution is -2.53. The molecule has 0 aromatic rings. The molecule has 0 bridgehead atoms. The number of piperazine rings is 1. The van der Waals surface area contributed by atoms with Gasteiger partial charge in [0, 0.05) is 44.5 Å². The molecule has 27 heavy (non-hydrogen) atoms. The number of amides is 4. The minimum absolute atomic E-state index is 0.0394. The van der Waals surface area contributed by atoms with Gasteiger partial charge in [0.15, 0.2) is 0 Å². The van der Waals surface area contributed by atoms with Gasteiger partial charge in [-0.1, -0.05) is 27.4 Å². The highest BCUT2D eigenvalue weighted by atomic mass is 16.2. The summed E-state index contributed by atoms with van der Waals surface area (Å²) in [6.07, 6.45) is 2.78. The first-order valence-corrected chi connectivity index (χ1v) is 9.07. The van der Waals surface area contributed by atoms with Crippen LogP contribution in [-0.2, 0) is 19.2 Å². The fourth-order valence-corrected chi connectivity index (χ4v) is 2.78. The van der Waals surface area contributed by atoms with Crippen LogP contribution in [-0.4, -0.2) is 77.6 Å². The van der Waals surface area contributed by atoms with Gasteiger partial charge in [-0.15, -0.1) is 0 Å². The van der Waals surface area contributed by atoms with Crippen LogP contribution in [0.3, 0.4) is 0 Å². The van der Waals surface area contributed by atoms with E-state index in [4.69, 9.17) is 0 Å². The van der Waals surface area contributed by atoms with Crippen molar-refractivity contribution in [3.63, 3.8) is 0 Å². The average Bonchev–Trinajstić information content (AvgIpc) is 2.91. The first kappa shape index (κ1) is 20.7. The van der Waals surface area contributed by atoms with Crippen molar-refractivity contribution in [2.24, 2.45) is 5.41 Å². The Morgan fingerprint density at radius 3 is 2.07 bits per heavy atom. The summed E-state index contributed by atoms with van der Waals surface area (Å²) in [5, 5.41) is 2.77. The van der Waals surface area contributed by atoms with Crippen molar-refractivity contribution < 1.29 is 19.2 Å². The quantitative estimate of drug-likeness (QED) is 0.690. The van der Waals surface area contributed by atoms with Crippen molar-refractivity contribution in [2.45, 2.75) is 27.2 Å². The third kappa shape index (κ3) is 5.94. The topological polar surface area (TPSA) is 90.0 Å². The number of nitrogens with zero attached hydrogens (tertiary/aromatic N) is 3. The Morgan fingerprint density at radius 2 is 1.59 bits per heavy atom. The number of hydrogen-bond donors (Lipinski definition) is 1. The van der Waals surface area contributed by atoms with Gasteiger partial charge in [0.05, 0.1) is 0 Å². The molecule has 8 nitrogen and oxygen atoms in total. The van der Waals surface area contributed by atoms with Crippen LogP contribution in [0.5, 0.6) is 0 Å². The number of allylic oxidation sites excluding steroid dienone is 1. The smallest absolute Gasteiger partial charge is 0.251 e. The molecule has 1 saturated heterocycles. The van der Waals surface area contributed by atoms with E-state index in [1.54, 1.807) is 15.9 Å². The van der Waals surface area contributed by atoms with E-state index < -0.39 is 0 Å². The standard InChI is InChI=1S/C19H28N4O4/c1-14-5-6-16(25)23(14)12-18(27)22-9-7-21(8-10-22)17(26)11-15(24)20-13-19(2,3)4/h5-6H,1,7-13H2,2-4H3,(H,20,24). The molecule has 2 rings (SSSR count). The second-order valence-corrected chi connectivity index (χ2v) is 8.02. The molecule has 2 aliphatic heterocycles. The normalized spacial score (nSPS) is 17.5. The van der Waals surface area contributed by atoms with Crippen LogP contribution in [0.2, 0.25) is 0 Å². The molecule has 0 unspecified atom stereocenters. The Labute approximate surface area is 159 Å². The van der Waals surface area contributed by atoms with E-state index in [1.165, 1.54) is 11.0 Å². The van der Waals surface area contributed by atoms with Crippen molar-refractivity contribution in [2.75, 3.05) is 39.3 Å². The molecule has 0 aromatic heterocycles. The van der Waals surface area contributed by atoms with Crippen molar-refractivity contribution in [1.82, 2.24) is 20.0 Å². The van der Waals surface area contributed by atoms with Gasteiger partial charge in [-0.25, -0.2) is 0 Å². The number of carbonyl (C=O) groups excluding carboxylic acids is 4. The molecular formula is C19H28N4O4. The molecule has 148 valence electrons. The van der Waals surface area contributed by atoms with Gasteiger partial charge in [-0.2, -0.15) is 0 Å². The van der Waals surface area contributed by atoms with E-state index in [9.17, 15) is 19.2 Å². The number of nitrogens with one attached hydrogen (secondary N) is 1. The zero-order valence-corrected chi connectivity index (χ0v) is 16.3. The molecule has 0 aromatic carbocycles. The second kappa shape index (κ2) is 8.37. The van der Waals surface area contributed by atoms with E-state index in [2.05, 4.69) is 11.9 Å². The van der Waals surface area contributed by atoms with E-state index in [0.29, 0.717) is 38.4 Å². The lowest BCUT2D eigenvalue weighted by atomic mass is 9.97. The summed E-state index contributed by atoms with van der Waals surface area (Å²) >= 11 is 0. The van der Waals surface area contributed by atoms with Gasteiger partial charge in [0.1, 0.15) is 13.0 Å². The molecule has 4 amide bonds. The number of rotatable bonds is 5. The van der Waals surface area contributed by atoms with Crippen molar-refractivity contribution in [3.05, 3.63) is 24.4 Å². The monoisotopic (exact) mass is 376 g/mol. The molecule has 2 heterocycles. The summed E-state index contributed by atoms with van der Waals surface area (Å²) in [4.78, 5) is 52.8. The highest BCUT2D eigenvalue weighted by Crippen LogP contribution is 2.14. The highest BCUT2D eigenvalue weighted by molar-refractivity contribution is 5.97. The maximum Gasteiger partial charge on any atom is 0.251 e. The van der Waals surface area contributed by atoms with E-state index >= 15 is 0 Å². The van der Waals surface area contributed by atoms with Crippen LogP contribution in [0.15, 0.2) is 24.4 Å². The third-order valence-electron chi connectivity index (χ3n) is 4.44. The summed E-state index contributed by atoms with van der Waals surface area (Å²) in [6.45, 7) is 11.7. The summed E-state index contributed by atoms with van der Waals surface area (Å²) in [5.74, 6) is -0.945. The van der Waals surface area contributed by atoms with Gasteiger partial charge in [0.2, 0.25) is 17.7 Å². The minimum atomic E-state index is -0.285. The fraction of sp³-hybridized carbons (Fsp3) is 0.579. The van der Waals surface area contributed by atoms with E-state index in [0.717, 1.165) is 0 Å². The molecule has 1 fully saturated rings. The molecule has 0 aliphatic carbocycles. The molecular weight excluding hydrogens is 348 g/mol. The lowest BCUT2D eigenvalue weighted by molar-refractivity contribution is -0.143. The number of carbonyl (C=O) groups is 4. The molecule has 1 N–H and O–H groups in total. The predicted molar refractivity (Wildman–Crippen MR) is 100 cm³/mol. The molecule has 2 aliphatic rings. The molecule has 0 spiro atoms. The van der Waals surface area contributed by atoms with Crippen LogP contribution in [0.25, 0.3) is 0 Å². The fourth-order valence-electron chi connectivity index (χ4n) is 2.78. The first-order chi connectivity index (χ1) is 12.6. The Bertz CT molecular complexity index is 652.